The Morgan fingerprint density at radius 2 is 1.30 bits per heavy atom. The number of benzene rings is 1. The van der Waals surface area contributed by atoms with Crippen molar-refractivity contribution in [2.75, 3.05) is 19.8 Å². The highest BCUT2D eigenvalue weighted by molar-refractivity contribution is 5.87. The van der Waals surface area contributed by atoms with Crippen molar-refractivity contribution in [3.63, 3.8) is 0 Å². The van der Waals surface area contributed by atoms with E-state index in [9.17, 15) is 75.3 Å². The highest BCUT2D eigenvalue weighted by Gasteiger charge is 2.76. The number of carboxylic acids is 1. The second kappa shape index (κ2) is 25.2. The lowest BCUT2D eigenvalue weighted by molar-refractivity contribution is -0.383. The number of esters is 3. The van der Waals surface area contributed by atoms with Crippen molar-refractivity contribution in [3.8, 4) is 0 Å². The van der Waals surface area contributed by atoms with Crippen LogP contribution in [0.25, 0.3) is 6.08 Å². The molecule has 27 atom stereocenters. The molecule has 0 bridgehead atoms. The van der Waals surface area contributed by atoms with Gasteiger partial charge in [0.1, 0.15) is 54.9 Å². The van der Waals surface area contributed by atoms with Crippen LogP contribution in [-0.4, -0.2) is 216 Å². The van der Waals surface area contributed by atoms with Crippen molar-refractivity contribution in [3.05, 3.63) is 53.6 Å². The number of carboxylic acid groups (broad SMARTS) is 1. The normalized spacial score (nSPS) is 46.0. The molecule has 3 aliphatic heterocycles. The zero-order valence-electron chi connectivity index (χ0n) is 51.2. The number of fused-ring (bicyclic) bond motifs is 7. The van der Waals surface area contributed by atoms with E-state index >= 15 is 0 Å². The van der Waals surface area contributed by atoms with Gasteiger partial charge in [-0.05, 0) is 90.6 Å². The molecule has 24 nitrogen and oxygen atoms in total. The van der Waals surface area contributed by atoms with E-state index < -0.39 is 205 Å². The minimum atomic E-state index is -2.09. The average molecular weight is 1230 g/mol. The molecule has 0 spiro atoms. The molecule has 11 N–H and O–H groups in total. The summed E-state index contributed by atoms with van der Waals surface area (Å²) in [5.41, 5.74) is -4.35. The van der Waals surface area contributed by atoms with Crippen LogP contribution in [0.15, 0.2) is 48.1 Å². The molecule has 7 fully saturated rings. The summed E-state index contributed by atoms with van der Waals surface area (Å²) in [5.74, 6) is -5.61. The van der Waals surface area contributed by atoms with Gasteiger partial charge in [0, 0.05) is 23.8 Å². The molecule has 4 saturated carbocycles. The Labute approximate surface area is 506 Å². The first kappa shape index (κ1) is 67.3. The van der Waals surface area contributed by atoms with Gasteiger partial charge in [0.25, 0.3) is 0 Å². The van der Waals surface area contributed by atoms with Crippen LogP contribution >= 0.6 is 0 Å². The lowest BCUT2D eigenvalue weighted by Gasteiger charge is -2.73. The van der Waals surface area contributed by atoms with Gasteiger partial charge in [0.2, 0.25) is 0 Å². The van der Waals surface area contributed by atoms with Gasteiger partial charge >= 0.3 is 23.9 Å². The van der Waals surface area contributed by atoms with Crippen LogP contribution in [0.2, 0.25) is 0 Å². The molecule has 488 valence electrons. The number of aliphatic carboxylic acids is 1. The van der Waals surface area contributed by atoms with Gasteiger partial charge < -0.3 is 98.8 Å². The van der Waals surface area contributed by atoms with E-state index in [1.807, 2.05) is 71.9 Å². The van der Waals surface area contributed by atoms with Crippen molar-refractivity contribution in [1.82, 2.24) is 0 Å². The first-order chi connectivity index (χ1) is 40.8. The standard InChI is InChI=1S/C63H92O24/c1-11-29(2)54(78)87-52-51(83-39(68)20-17-31-15-13-12-14-16-31)58(4,5)25-33-32-18-19-37-60(8)23-22-38(59(6,7)36(60)21-24-61(37,9)62(32,10)49(74)50(75)63(33,52)28-66)82-57-48(86-56-44(73)42(71)40(69)34(26-64)80-56)46(79-30(3)67)45(47(85-57)53(76)77)84-55-43(72)41(70)35(27-65)81-55/h12-18,20,29,33-38,40-52,55-57,64-66,69-75H,11,19,21-28H2,1-10H3,(H,76,77)/t29-,33?,34-,35+,36+,37-,38+,40-,41+,42+,43-,44-,45+,46+,47+,48-,49+,50-,51+,52+,55+,56+,57-,60+,61-,62+,63+/m1/s1. The van der Waals surface area contributed by atoms with Crippen LogP contribution in [0.1, 0.15) is 120 Å². The van der Waals surface area contributed by atoms with Crippen molar-refractivity contribution in [2.24, 2.45) is 56.2 Å². The van der Waals surface area contributed by atoms with Gasteiger partial charge in [-0.2, -0.15) is 0 Å². The Kier molecular flexibility index (Phi) is 19.5. The molecule has 0 aromatic heterocycles. The van der Waals surface area contributed by atoms with Crippen LogP contribution in [0.4, 0.5) is 0 Å². The predicted molar refractivity (Wildman–Crippen MR) is 302 cm³/mol. The maximum atomic E-state index is 14.1. The molecule has 87 heavy (non-hydrogen) atoms. The summed E-state index contributed by atoms with van der Waals surface area (Å²) in [6.45, 7) is 16.4. The average Bonchev–Trinajstić information content (AvgIpc) is 0.822. The first-order valence-electron chi connectivity index (χ1n) is 30.6. The smallest absolute Gasteiger partial charge is 0.335 e. The fourth-order valence-corrected chi connectivity index (χ4v) is 17.2. The zero-order chi connectivity index (χ0) is 63.8. The Bertz CT molecular complexity index is 2700. The molecule has 1 aromatic carbocycles. The largest absolute Gasteiger partial charge is 0.479 e. The van der Waals surface area contributed by atoms with Crippen LogP contribution in [0.3, 0.4) is 0 Å². The SMILES string of the molecule is CC[C@@H](C)C(=O)O[C@H]1[C@H](OC(=O)C=Cc2ccccc2)C(C)(C)CC2C3=CC[C@@H]4[C@@]5(C)CC[C@H](O[C@@H]6O[C@H](C(=O)O)[C@@H](O[C@@H]7O[C@@H](CO)[C@H](O)[C@H]7O)[C@H](OC(C)=O)[C@H]6O[C@@H]6O[C@H](CO)[C@@H](O)[C@H](O)[C@H]6O)C(C)(C)[C@@H]5CC[C@@]4(C)[C@]3(C)[C@@H](O)[C@@H](O)[C@]21CO. The number of aliphatic hydroxyl groups excluding tert-OH is 10. The van der Waals surface area contributed by atoms with E-state index in [0.717, 1.165) is 18.1 Å². The van der Waals surface area contributed by atoms with Crippen molar-refractivity contribution < 1.29 is 118 Å². The highest BCUT2D eigenvalue weighted by atomic mass is 16.8. The zero-order valence-corrected chi connectivity index (χ0v) is 51.2. The van der Waals surface area contributed by atoms with E-state index in [1.54, 1.807) is 13.0 Å². The molecule has 1 aromatic rings. The number of rotatable bonds is 17. The van der Waals surface area contributed by atoms with Gasteiger partial charge in [0.15, 0.2) is 43.3 Å². The predicted octanol–water partition coefficient (Wildman–Crippen LogP) is 1.66. The molecule has 0 amide bonds. The Balaban J connectivity index is 1.05. The number of ether oxygens (including phenoxy) is 9. The van der Waals surface area contributed by atoms with Crippen molar-refractivity contribution in [1.29, 1.82) is 0 Å². The minimum absolute atomic E-state index is 0.171. The summed E-state index contributed by atoms with van der Waals surface area (Å²) in [6, 6.07) is 9.15. The van der Waals surface area contributed by atoms with E-state index in [0.29, 0.717) is 38.5 Å². The van der Waals surface area contributed by atoms with Gasteiger partial charge in [-0.3, -0.25) is 9.59 Å². The molecular formula is C63H92O24. The van der Waals surface area contributed by atoms with Crippen molar-refractivity contribution in [2.45, 2.75) is 231 Å². The topological polar surface area (TPSA) is 374 Å². The van der Waals surface area contributed by atoms with Gasteiger partial charge in [-0.1, -0.05) is 104 Å². The second-order valence-corrected chi connectivity index (χ2v) is 27.8. The summed E-state index contributed by atoms with van der Waals surface area (Å²) in [7, 11) is 0. The third kappa shape index (κ3) is 11.3. The third-order valence-corrected chi connectivity index (χ3v) is 22.4. The lowest BCUT2D eigenvalue weighted by atomic mass is 9.32. The third-order valence-electron chi connectivity index (χ3n) is 22.4. The van der Waals surface area contributed by atoms with Crippen LogP contribution in [0.5, 0.6) is 0 Å². The quantitative estimate of drug-likeness (QED) is 0.0347. The van der Waals surface area contributed by atoms with E-state index in [1.165, 1.54) is 6.08 Å². The Morgan fingerprint density at radius 1 is 0.690 bits per heavy atom. The summed E-state index contributed by atoms with van der Waals surface area (Å²) < 4.78 is 55.4. The molecule has 24 heteroatoms. The summed E-state index contributed by atoms with van der Waals surface area (Å²) in [4.78, 5) is 54.4. The maximum Gasteiger partial charge on any atom is 0.335 e. The molecule has 8 aliphatic rings. The number of carbonyl (C=O) groups is 4. The van der Waals surface area contributed by atoms with Crippen molar-refractivity contribution >= 4 is 30.0 Å². The fraction of sp³-hybridized carbons (Fsp3) is 0.778. The molecule has 9 rings (SSSR count). The molecular weight excluding hydrogens is 1140 g/mol. The van der Waals surface area contributed by atoms with Gasteiger partial charge in [-0.25, -0.2) is 9.59 Å². The van der Waals surface area contributed by atoms with E-state index in [2.05, 4.69) is 19.9 Å². The monoisotopic (exact) mass is 1230 g/mol. The maximum absolute atomic E-state index is 14.1. The number of hydrogen-bond donors (Lipinski definition) is 11. The molecule has 5 aliphatic carbocycles. The summed E-state index contributed by atoms with van der Waals surface area (Å²) in [6.07, 6.45) is -24.1. The van der Waals surface area contributed by atoms with Crippen LogP contribution < -0.4 is 0 Å². The molecule has 1 unspecified atom stereocenters. The first-order valence-corrected chi connectivity index (χ1v) is 30.6. The minimum Gasteiger partial charge on any atom is -0.479 e. The fourth-order valence-electron chi connectivity index (χ4n) is 17.2. The summed E-state index contributed by atoms with van der Waals surface area (Å²) in [5, 5.41) is 123. The molecule has 3 saturated heterocycles. The number of allylic oxidation sites excluding steroid dienone is 1. The number of carbonyl (C=O) groups excluding carboxylic acids is 3. The number of aliphatic hydroxyl groups is 10. The number of hydrogen-bond acceptors (Lipinski definition) is 23. The molecule has 0 radical (unpaired) electrons. The van der Waals surface area contributed by atoms with E-state index in [4.69, 9.17) is 42.6 Å². The van der Waals surface area contributed by atoms with Gasteiger partial charge in [0.05, 0.1) is 49.5 Å². The second-order valence-electron chi connectivity index (χ2n) is 27.8. The van der Waals surface area contributed by atoms with Gasteiger partial charge in [-0.15, -0.1) is 0 Å². The Hall–Kier alpha value is -4.06. The lowest BCUT2D eigenvalue weighted by Crippen LogP contribution is -2.76. The summed E-state index contributed by atoms with van der Waals surface area (Å²) >= 11 is 0. The Morgan fingerprint density at radius 3 is 1.89 bits per heavy atom. The van der Waals surface area contributed by atoms with Crippen LogP contribution in [-0.2, 0) is 61.8 Å². The highest BCUT2D eigenvalue weighted by Crippen LogP contribution is 2.76. The van der Waals surface area contributed by atoms with E-state index in [-0.39, 0.29) is 18.3 Å². The van der Waals surface area contributed by atoms with Crippen LogP contribution in [0, 0.1) is 56.2 Å². The molecule has 3 heterocycles.